The zero-order chi connectivity index (χ0) is 13.1. The van der Waals surface area contributed by atoms with E-state index in [1.54, 1.807) is 0 Å². The van der Waals surface area contributed by atoms with Gasteiger partial charge in [-0.25, -0.2) is 0 Å². The van der Waals surface area contributed by atoms with Crippen LogP contribution in [0.4, 0.5) is 0 Å². The lowest BCUT2D eigenvalue weighted by Gasteiger charge is -2.10. The molecule has 0 saturated carbocycles. The van der Waals surface area contributed by atoms with E-state index in [2.05, 4.69) is 18.9 Å². The number of nitrogens with zero attached hydrogens (tertiary/aromatic N) is 2. The number of aliphatic hydroxyl groups is 1. The van der Waals surface area contributed by atoms with Crippen LogP contribution in [0.5, 0.6) is 0 Å². The Hall–Kier alpha value is -1.61. The molecule has 1 aromatic carbocycles. The van der Waals surface area contributed by atoms with Gasteiger partial charge < -0.3 is 5.11 Å². The average Bonchev–Trinajstić information content (AvgIpc) is 2.78. The molecule has 3 nitrogen and oxygen atoms in total. The van der Waals surface area contributed by atoms with Gasteiger partial charge in [0.25, 0.3) is 0 Å². The van der Waals surface area contributed by atoms with Crippen molar-refractivity contribution in [2.24, 2.45) is 0 Å². The second kappa shape index (κ2) is 5.36. The first-order chi connectivity index (χ1) is 8.56. The first kappa shape index (κ1) is 12.8. The summed E-state index contributed by atoms with van der Waals surface area (Å²) in [7, 11) is 0. The fourth-order valence-electron chi connectivity index (χ4n) is 1.88. The third kappa shape index (κ3) is 2.99. The van der Waals surface area contributed by atoms with E-state index in [9.17, 15) is 5.11 Å². The maximum absolute atomic E-state index is 10.2. The highest BCUT2D eigenvalue weighted by Gasteiger charge is 2.11. The van der Waals surface area contributed by atoms with E-state index in [-0.39, 0.29) is 0 Å². The first-order valence-electron chi connectivity index (χ1n) is 6.35. The molecule has 0 fully saturated rings. The van der Waals surface area contributed by atoms with Gasteiger partial charge in [0, 0.05) is 18.7 Å². The second-order valence-electron chi connectivity index (χ2n) is 5.01. The van der Waals surface area contributed by atoms with Crippen LogP contribution in [0.15, 0.2) is 36.5 Å². The van der Waals surface area contributed by atoms with Crippen molar-refractivity contribution in [3.05, 3.63) is 53.3 Å². The molecule has 0 radical (unpaired) electrons. The molecule has 1 unspecified atom stereocenters. The van der Waals surface area contributed by atoms with Gasteiger partial charge in [0.05, 0.1) is 11.8 Å². The summed E-state index contributed by atoms with van der Waals surface area (Å²) in [5, 5.41) is 14.6. The molecular formula is C15H20N2O. The SMILES string of the molecule is Cc1ccc(C(O)Cc2ccn(C(C)C)n2)cc1. The van der Waals surface area contributed by atoms with Crippen LogP contribution in [-0.4, -0.2) is 14.9 Å². The molecule has 1 atom stereocenters. The van der Waals surface area contributed by atoms with Crippen molar-refractivity contribution in [2.75, 3.05) is 0 Å². The van der Waals surface area contributed by atoms with Gasteiger partial charge in [-0.3, -0.25) is 4.68 Å². The fraction of sp³-hybridized carbons (Fsp3) is 0.400. The fourth-order valence-corrected chi connectivity index (χ4v) is 1.88. The maximum atomic E-state index is 10.2. The molecule has 0 bridgehead atoms. The van der Waals surface area contributed by atoms with Gasteiger partial charge in [0.1, 0.15) is 0 Å². The molecule has 96 valence electrons. The number of benzene rings is 1. The van der Waals surface area contributed by atoms with Crippen molar-refractivity contribution < 1.29 is 5.11 Å². The van der Waals surface area contributed by atoms with E-state index < -0.39 is 6.10 Å². The second-order valence-corrected chi connectivity index (χ2v) is 5.01. The number of rotatable bonds is 4. The summed E-state index contributed by atoms with van der Waals surface area (Å²) in [6, 6.07) is 10.3. The lowest BCUT2D eigenvalue weighted by Crippen LogP contribution is -2.05. The van der Waals surface area contributed by atoms with Crippen LogP contribution in [0, 0.1) is 6.92 Å². The maximum Gasteiger partial charge on any atom is 0.0846 e. The van der Waals surface area contributed by atoms with Gasteiger partial charge in [-0.15, -0.1) is 0 Å². The number of aliphatic hydroxyl groups excluding tert-OH is 1. The van der Waals surface area contributed by atoms with E-state index in [4.69, 9.17) is 0 Å². The molecular weight excluding hydrogens is 224 g/mol. The Morgan fingerprint density at radius 2 is 1.83 bits per heavy atom. The minimum Gasteiger partial charge on any atom is -0.388 e. The molecule has 0 saturated heterocycles. The van der Waals surface area contributed by atoms with Gasteiger partial charge in [0.15, 0.2) is 0 Å². The third-order valence-electron chi connectivity index (χ3n) is 3.06. The summed E-state index contributed by atoms with van der Waals surface area (Å²) in [5.74, 6) is 0. The largest absolute Gasteiger partial charge is 0.388 e. The van der Waals surface area contributed by atoms with Gasteiger partial charge in [-0.2, -0.15) is 5.10 Å². The molecule has 0 amide bonds. The zero-order valence-corrected chi connectivity index (χ0v) is 11.2. The Bertz CT molecular complexity index is 499. The molecule has 1 N–H and O–H groups in total. The van der Waals surface area contributed by atoms with E-state index in [0.717, 1.165) is 11.3 Å². The van der Waals surface area contributed by atoms with Gasteiger partial charge in [-0.05, 0) is 32.4 Å². The molecule has 3 heteroatoms. The van der Waals surface area contributed by atoms with Crippen molar-refractivity contribution in [3.8, 4) is 0 Å². The van der Waals surface area contributed by atoms with Crippen LogP contribution in [0.2, 0.25) is 0 Å². The van der Waals surface area contributed by atoms with Crippen LogP contribution in [0.1, 0.15) is 42.8 Å². The molecule has 1 aromatic heterocycles. The minimum atomic E-state index is -0.485. The Labute approximate surface area is 108 Å². The van der Waals surface area contributed by atoms with Crippen LogP contribution in [0.3, 0.4) is 0 Å². The van der Waals surface area contributed by atoms with Crippen molar-refractivity contribution in [1.82, 2.24) is 9.78 Å². The van der Waals surface area contributed by atoms with Crippen molar-refractivity contribution in [1.29, 1.82) is 0 Å². The Kier molecular flexibility index (Phi) is 3.82. The average molecular weight is 244 g/mol. The van der Waals surface area contributed by atoms with E-state index in [0.29, 0.717) is 12.5 Å². The summed E-state index contributed by atoms with van der Waals surface area (Å²) in [4.78, 5) is 0. The topological polar surface area (TPSA) is 38.0 Å². The van der Waals surface area contributed by atoms with Gasteiger partial charge in [0.2, 0.25) is 0 Å². The summed E-state index contributed by atoms with van der Waals surface area (Å²) < 4.78 is 1.91. The molecule has 0 aliphatic rings. The lowest BCUT2D eigenvalue weighted by atomic mass is 10.0. The van der Waals surface area contributed by atoms with Gasteiger partial charge in [-0.1, -0.05) is 29.8 Å². The van der Waals surface area contributed by atoms with Crippen molar-refractivity contribution in [3.63, 3.8) is 0 Å². The summed E-state index contributed by atoms with van der Waals surface area (Å²) in [5.41, 5.74) is 3.08. The Morgan fingerprint density at radius 3 is 2.39 bits per heavy atom. The summed E-state index contributed by atoms with van der Waals surface area (Å²) in [6.45, 7) is 6.22. The van der Waals surface area contributed by atoms with Crippen LogP contribution >= 0.6 is 0 Å². The Morgan fingerprint density at radius 1 is 1.17 bits per heavy atom. The van der Waals surface area contributed by atoms with Crippen LogP contribution in [-0.2, 0) is 6.42 Å². The molecule has 1 heterocycles. The summed E-state index contributed by atoms with van der Waals surface area (Å²) in [6.07, 6.45) is 2.03. The predicted octanol–water partition coefficient (Wildman–Crippen LogP) is 3.05. The molecule has 0 aliphatic carbocycles. The molecule has 0 aliphatic heterocycles. The van der Waals surface area contributed by atoms with E-state index in [1.165, 1.54) is 5.56 Å². The minimum absolute atomic E-state index is 0.357. The van der Waals surface area contributed by atoms with Crippen molar-refractivity contribution in [2.45, 2.75) is 39.3 Å². The highest BCUT2D eigenvalue weighted by Crippen LogP contribution is 2.18. The van der Waals surface area contributed by atoms with Crippen LogP contribution < -0.4 is 0 Å². The number of hydrogen-bond acceptors (Lipinski definition) is 2. The molecule has 18 heavy (non-hydrogen) atoms. The standard InChI is InChI=1S/C15H20N2O/c1-11(2)17-9-8-14(16-17)10-15(18)13-6-4-12(3)5-7-13/h4-9,11,15,18H,10H2,1-3H3. The number of aromatic nitrogens is 2. The highest BCUT2D eigenvalue weighted by atomic mass is 16.3. The number of aryl methyl sites for hydroxylation is 1. The highest BCUT2D eigenvalue weighted by molar-refractivity contribution is 5.24. The molecule has 2 aromatic rings. The lowest BCUT2D eigenvalue weighted by molar-refractivity contribution is 0.177. The van der Waals surface area contributed by atoms with Crippen LogP contribution in [0.25, 0.3) is 0 Å². The number of hydrogen-bond donors (Lipinski definition) is 1. The van der Waals surface area contributed by atoms with E-state index >= 15 is 0 Å². The molecule has 2 rings (SSSR count). The smallest absolute Gasteiger partial charge is 0.0846 e. The third-order valence-corrected chi connectivity index (χ3v) is 3.06. The van der Waals surface area contributed by atoms with Crippen molar-refractivity contribution >= 4 is 0 Å². The van der Waals surface area contributed by atoms with Gasteiger partial charge >= 0.3 is 0 Å². The molecule has 0 spiro atoms. The predicted molar refractivity (Wildman–Crippen MR) is 72.5 cm³/mol. The first-order valence-corrected chi connectivity index (χ1v) is 6.35. The Balaban J connectivity index is 2.06. The monoisotopic (exact) mass is 244 g/mol. The summed E-state index contributed by atoms with van der Waals surface area (Å²) >= 11 is 0. The van der Waals surface area contributed by atoms with E-state index in [1.807, 2.05) is 48.1 Å². The zero-order valence-electron chi connectivity index (χ0n) is 11.2. The normalized spacial score (nSPS) is 12.9. The quantitative estimate of drug-likeness (QED) is 0.897.